The van der Waals surface area contributed by atoms with Gasteiger partial charge in [0.2, 0.25) is 0 Å². The average molecular weight is 239 g/mol. The zero-order valence-electron chi connectivity index (χ0n) is 9.70. The molecule has 1 aliphatic heterocycles. The van der Waals surface area contributed by atoms with Gasteiger partial charge < -0.3 is 5.73 Å². The Balaban J connectivity index is 2.04. The minimum Gasteiger partial charge on any atom is -0.328 e. The molecule has 0 spiro atoms. The molecule has 88 valence electrons. The van der Waals surface area contributed by atoms with Gasteiger partial charge in [-0.2, -0.15) is 0 Å². The van der Waals surface area contributed by atoms with E-state index in [1.54, 1.807) is 0 Å². The van der Waals surface area contributed by atoms with E-state index in [0.717, 1.165) is 31.0 Å². The van der Waals surface area contributed by atoms with Crippen molar-refractivity contribution in [3.63, 3.8) is 0 Å². The van der Waals surface area contributed by atoms with E-state index in [1.165, 1.54) is 5.56 Å². The number of nitrogens with zero attached hydrogens (tertiary/aromatic N) is 1. The SMILES string of the molecule is CC(c1cccc(Cl)c1)N1CCC(N)CC1. The van der Waals surface area contributed by atoms with Gasteiger partial charge in [-0.05, 0) is 37.5 Å². The summed E-state index contributed by atoms with van der Waals surface area (Å²) in [5.74, 6) is 0. The Labute approximate surface area is 102 Å². The van der Waals surface area contributed by atoms with E-state index < -0.39 is 0 Å². The van der Waals surface area contributed by atoms with Crippen LogP contribution in [0.25, 0.3) is 0 Å². The lowest BCUT2D eigenvalue weighted by molar-refractivity contribution is 0.163. The zero-order chi connectivity index (χ0) is 11.5. The Morgan fingerprint density at radius 2 is 2.06 bits per heavy atom. The van der Waals surface area contributed by atoms with Crippen molar-refractivity contribution < 1.29 is 0 Å². The molecule has 1 aromatic rings. The molecule has 1 fully saturated rings. The van der Waals surface area contributed by atoms with Gasteiger partial charge in [0.15, 0.2) is 0 Å². The number of halogens is 1. The minimum atomic E-state index is 0.391. The summed E-state index contributed by atoms with van der Waals surface area (Å²) in [5, 5.41) is 0.818. The molecule has 1 heterocycles. The maximum Gasteiger partial charge on any atom is 0.0409 e. The third kappa shape index (κ3) is 2.76. The van der Waals surface area contributed by atoms with E-state index in [9.17, 15) is 0 Å². The molecule has 1 unspecified atom stereocenters. The summed E-state index contributed by atoms with van der Waals surface area (Å²) in [5.41, 5.74) is 7.21. The summed E-state index contributed by atoms with van der Waals surface area (Å²) in [6, 6.07) is 8.97. The molecule has 0 amide bonds. The Morgan fingerprint density at radius 3 is 2.69 bits per heavy atom. The van der Waals surface area contributed by atoms with Gasteiger partial charge >= 0.3 is 0 Å². The topological polar surface area (TPSA) is 29.3 Å². The molecule has 2 N–H and O–H groups in total. The lowest BCUT2D eigenvalue weighted by Crippen LogP contribution is -2.40. The van der Waals surface area contributed by atoms with Crippen LogP contribution in [0.15, 0.2) is 24.3 Å². The fourth-order valence-electron chi connectivity index (χ4n) is 2.28. The number of benzene rings is 1. The first-order chi connectivity index (χ1) is 7.66. The lowest BCUT2D eigenvalue weighted by Gasteiger charge is -2.35. The fourth-order valence-corrected chi connectivity index (χ4v) is 2.48. The van der Waals surface area contributed by atoms with Crippen LogP contribution < -0.4 is 5.73 Å². The molecule has 16 heavy (non-hydrogen) atoms. The third-order valence-corrected chi connectivity index (χ3v) is 3.69. The van der Waals surface area contributed by atoms with Gasteiger partial charge in [0, 0.05) is 30.2 Å². The van der Waals surface area contributed by atoms with Crippen LogP contribution in [-0.4, -0.2) is 24.0 Å². The van der Waals surface area contributed by atoms with Gasteiger partial charge in [-0.3, -0.25) is 4.90 Å². The van der Waals surface area contributed by atoms with Crippen molar-refractivity contribution in [1.29, 1.82) is 0 Å². The molecular formula is C13H19ClN2. The first-order valence-electron chi connectivity index (χ1n) is 5.92. The molecule has 0 bridgehead atoms. The van der Waals surface area contributed by atoms with E-state index in [2.05, 4.69) is 24.0 Å². The van der Waals surface area contributed by atoms with E-state index in [1.807, 2.05) is 12.1 Å². The number of nitrogens with two attached hydrogens (primary N) is 1. The normalized spacial score (nSPS) is 20.9. The highest BCUT2D eigenvalue weighted by Crippen LogP contribution is 2.25. The predicted octanol–water partition coefficient (Wildman–Crippen LogP) is 2.82. The molecule has 1 aromatic carbocycles. The van der Waals surface area contributed by atoms with Crippen molar-refractivity contribution in [3.05, 3.63) is 34.9 Å². The number of likely N-dealkylation sites (tertiary alicyclic amines) is 1. The minimum absolute atomic E-state index is 0.391. The molecule has 0 radical (unpaired) electrons. The molecular weight excluding hydrogens is 220 g/mol. The van der Waals surface area contributed by atoms with Crippen molar-refractivity contribution >= 4 is 11.6 Å². The number of hydrogen-bond acceptors (Lipinski definition) is 2. The maximum atomic E-state index is 6.01. The molecule has 0 aliphatic carbocycles. The highest BCUT2D eigenvalue weighted by Gasteiger charge is 2.21. The molecule has 3 heteroatoms. The van der Waals surface area contributed by atoms with Gasteiger partial charge in [-0.1, -0.05) is 23.7 Å². The van der Waals surface area contributed by atoms with Crippen LogP contribution in [0.3, 0.4) is 0 Å². The molecule has 1 saturated heterocycles. The monoisotopic (exact) mass is 238 g/mol. The lowest BCUT2D eigenvalue weighted by atomic mass is 10.0. The maximum absolute atomic E-state index is 6.01. The molecule has 2 nitrogen and oxygen atoms in total. The van der Waals surface area contributed by atoms with Crippen LogP contribution in [0.5, 0.6) is 0 Å². The molecule has 2 rings (SSSR count). The van der Waals surface area contributed by atoms with E-state index >= 15 is 0 Å². The largest absolute Gasteiger partial charge is 0.328 e. The highest BCUT2D eigenvalue weighted by molar-refractivity contribution is 6.30. The van der Waals surface area contributed by atoms with E-state index in [-0.39, 0.29) is 0 Å². The first-order valence-corrected chi connectivity index (χ1v) is 6.29. The zero-order valence-corrected chi connectivity index (χ0v) is 10.5. The second kappa shape index (κ2) is 5.17. The average Bonchev–Trinajstić information content (AvgIpc) is 2.29. The third-order valence-electron chi connectivity index (χ3n) is 3.45. The van der Waals surface area contributed by atoms with Crippen LogP contribution in [0, 0.1) is 0 Å². The van der Waals surface area contributed by atoms with Crippen molar-refractivity contribution in [2.75, 3.05) is 13.1 Å². The second-order valence-corrected chi connectivity index (χ2v) is 5.04. The summed E-state index contributed by atoms with van der Waals surface area (Å²) >= 11 is 6.01. The quantitative estimate of drug-likeness (QED) is 0.859. The van der Waals surface area contributed by atoms with Crippen molar-refractivity contribution in [3.8, 4) is 0 Å². The summed E-state index contributed by atoms with van der Waals surface area (Å²) < 4.78 is 0. The summed E-state index contributed by atoms with van der Waals surface area (Å²) in [7, 11) is 0. The van der Waals surface area contributed by atoms with Crippen molar-refractivity contribution in [2.45, 2.75) is 31.8 Å². The van der Waals surface area contributed by atoms with Gasteiger partial charge in [0.1, 0.15) is 0 Å². The highest BCUT2D eigenvalue weighted by atomic mass is 35.5. The standard InChI is InChI=1S/C13H19ClN2/c1-10(11-3-2-4-12(14)9-11)16-7-5-13(15)6-8-16/h2-4,9-10,13H,5-8,15H2,1H3. The Bertz CT molecular complexity index is 346. The van der Waals surface area contributed by atoms with E-state index in [4.69, 9.17) is 17.3 Å². The Hall–Kier alpha value is -0.570. The Morgan fingerprint density at radius 1 is 1.38 bits per heavy atom. The van der Waals surface area contributed by atoms with Crippen LogP contribution in [-0.2, 0) is 0 Å². The molecule has 1 atom stereocenters. The Kier molecular flexibility index (Phi) is 3.85. The van der Waals surface area contributed by atoms with Crippen LogP contribution in [0.4, 0.5) is 0 Å². The number of piperidine rings is 1. The molecule has 0 saturated carbocycles. The predicted molar refractivity (Wildman–Crippen MR) is 68.6 cm³/mol. The van der Waals surface area contributed by atoms with Crippen LogP contribution >= 0.6 is 11.6 Å². The van der Waals surface area contributed by atoms with Gasteiger partial charge in [0.05, 0.1) is 0 Å². The molecule has 1 aliphatic rings. The number of rotatable bonds is 2. The van der Waals surface area contributed by atoms with Gasteiger partial charge in [0.25, 0.3) is 0 Å². The summed E-state index contributed by atoms with van der Waals surface area (Å²) in [6.45, 7) is 4.42. The van der Waals surface area contributed by atoms with Crippen molar-refractivity contribution in [1.82, 2.24) is 4.90 Å². The van der Waals surface area contributed by atoms with Gasteiger partial charge in [-0.25, -0.2) is 0 Å². The smallest absolute Gasteiger partial charge is 0.0409 e. The molecule has 0 aromatic heterocycles. The second-order valence-electron chi connectivity index (χ2n) is 4.60. The van der Waals surface area contributed by atoms with Crippen LogP contribution in [0.1, 0.15) is 31.4 Å². The summed E-state index contributed by atoms with van der Waals surface area (Å²) in [6.07, 6.45) is 2.20. The first kappa shape index (κ1) is 11.9. The van der Waals surface area contributed by atoms with E-state index in [0.29, 0.717) is 12.1 Å². The number of hydrogen-bond donors (Lipinski definition) is 1. The van der Waals surface area contributed by atoms with Crippen molar-refractivity contribution in [2.24, 2.45) is 5.73 Å². The van der Waals surface area contributed by atoms with Gasteiger partial charge in [-0.15, -0.1) is 0 Å². The fraction of sp³-hybridized carbons (Fsp3) is 0.538. The van der Waals surface area contributed by atoms with Crippen LogP contribution in [0.2, 0.25) is 5.02 Å². The summed E-state index contributed by atoms with van der Waals surface area (Å²) in [4.78, 5) is 2.48.